The van der Waals surface area contributed by atoms with Crippen LogP contribution in [0, 0.1) is 5.92 Å². The van der Waals surface area contributed by atoms with E-state index in [2.05, 4.69) is 15.4 Å². The summed E-state index contributed by atoms with van der Waals surface area (Å²) in [6.45, 7) is 1.14. The fourth-order valence-corrected chi connectivity index (χ4v) is 4.35. The van der Waals surface area contributed by atoms with Gasteiger partial charge in [0, 0.05) is 25.6 Å². The number of aryl methyl sites for hydroxylation is 1. The third-order valence-electron chi connectivity index (χ3n) is 5.89. The third kappa shape index (κ3) is 4.38. The highest BCUT2D eigenvalue weighted by molar-refractivity contribution is 5.76. The van der Waals surface area contributed by atoms with E-state index in [1.54, 1.807) is 4.90 Å². The minimum atomic E-state index is -4.39. The van der Waals surface area contributed by atoms with Crippen LogP contribution in [0.25, 0.3) is 0 Å². The maximum atomic E-state index is 13.5. The summed E-state index contributed by atoms with van der Waals surface area (Å²) in [6.07, 6.45) is -0.679. The van der Waals surface area contributed by atoms with Crippen LogP contribution in [0.1, 0.15) is 37.3 Å². The number of alkyl halides is 3. The van der Waals surface area contributed by atoms with E-state index in [9.17, 15) is 18.0 Å². The van der Waals surface area contributed by atoms with Crippen LogP contribution in [0.5, 0.6) is 0 Å². The van der Waals surface area contributed by atoms with Gasteiger partial charge in [-0.15, -0.1) is 0 Å². The van der Waals surface area contributed by atoms with E-state index in [0.717, 1.165) is 29.4 Å². The zero-order valence-corrected chi connectivity index (χ0v) is 16.0. The molecular formula is C20H24F3N5O. The molecule has 1 saturated heterocycles. The van der Waals surface area contributed by atoms with Crippen molar-refractivity contribution in [3.05, 3.63) is 42.2 Å². The predicted molar refractivity (Wildman–Crippen MR) is 101 cm³/mol. The number of nitrogens with one attached hydrogen (secondary N) is 1. The highest BCUT2D eigenvalue weighted by Gasteiger charge is 2.48. The van der Waals surface area contributed by atoms with Gasteiger partial charge in [0.05, 0.1) is 0 Å². The molecule has 0 saturated carbocycles. The number of piperidine rings is 1. The van der Waals surface area contributed by atoms with Crippen molar-refractivity contribution in [1.29, 1.82) is 0 Å². The van der Waals surface area contributed by atoms with Gasteiger partial charge in [0.2, 0.25) is 11.9 Å². The number of nitrogens with zero attached hydrogens (tertiary/aromatic N) is 4. The van der Waals surface area contributed by atoms with Gasteiger partial charge in [-0.2, -0.15) is 23.3 Å². The lowest BCUT2D eigenvalue weighted by molar-refractivity contribution is -0.175. The summed E-state index contributed by atoms with van der Waals surface area (Å²) in [5.41, 5.74) is 1.11. The average Bonchev–Trinajstić information content (AvgIpc) is 3.20. The van der Waals surface area contributed by atoms with E-state index >= 15 is 0 Å². The SMILES string of the molecule is O=C(CCc1ccccc1)N1CCCC([C@@H]2C[C@H](C(F)(F)F)n3ncnc3N2)C1. The highest BCUT2D eigenvalue weighted by Crippen LogP contribution is 2.40. The second kappa shape index (κ2) is 8.04. The molecule has 1 aromatic heterocycles. The molecule has 0 aliphatic carbocycles. The number of anilines is 1. The fourth-order valence-electron chi connectivity index (χ4n) is 4.35. The summed E-state index contributed by atoms with van der Waals surface area (Å²) >= 11 is 0. The minimum absolute atomic E-state index is 0.0419. The van der Waals surface area contributed by atoms with Gasteiger partial charge in [-0.1, -0.05) is 30.3 Å². The Balaban J connectivity index is 1.40. The number of rotatable bonds is 4. The lowest BCUT2D eigenvalue weighted by atomic mass is 9.86. The van der Waals surface area contributed by atoms with Gasteiger partial charge in [0.25, 0.3) is 0 Å². The first-order chi connectivity index (χ1) is 13.9. The Bertz CT molecular complexity index is 838. The molecule has 2 aliphatic heterocycles. The lowest BCUT2D eigenvalue weighted by Crippen LogP contribution is -2.49. The van der Waals surface area contributed by atoms with E-state index in [0.29, 0.717) is 25.9 Å². The van der Waals surface area contributed by atoms with Crippen molar-refractivity contribution < 1.29 is 18.0 Å². The standard InChI is InChI=1S/C20H24F3N5O/c21-20(22,23)17-11-16(26-19-24-13-25-28(17)19)15-7-4-10-27(12-15)18(29)9-8-14-5-2-1-3-6-14/h1-3,5-6,13,15-17H,4,7-12H2,(H,24,25,26)/t15?,16-,17+/m0/s1. The number of amides is 1. The fraction of sp³-hybridized carbons (Fsp3) is 0.550. The molecular weight excluding hydrogens is 383 g/mol. The van der Waals surface area contributed by atoms with Gasteiger partial charge < -0.3 is 10.2 Å². The second-order valence-corrected chi connectivity index (χ2v) is 7.80. The van der Waals surface area contributed by atoms with Crippen LogP contribution in [0.3, 0.4) is 0 Å². The van der Waals surface area contributed by atoms with Crippen LogP contribution >= 0.6 is 0 Å². The molecule has 1 amide bonds. The molecule has 2 aromatic rings. The highest BCUT2D eigenvalue weighted by atomic mass is 19.4. The maximum Gasteiger partial charge on any atom is 0.411 e. The van der Waals surface area contributed by atoms with E-state index in [-0.39, 0.29) is 30.2 Å². The molecule has 0 radical (unpaired) electrons. The van der Waals surface area contributed by atoms with Gasteiger partial charge in [-0.25, -0.2) is 4.68 Å². The molecule has 9 heteroatoms. The van der Waals surface area contributed by atoms with Crippen molar-refractivity contribution in [2.75, 3.05) is 18.4 Å². The Labute approximate surface area is 167 Å². The molecule has 6 nitrogen and oxygen atoms in total. The number of likely N-dealkylation sites (tertiary alicyclic amines) is 1. The van der Waals surface area contributed by atoms with E-state index in [1.165, 1.54) is 0 Å². The first kappa shape index (κ1) is 19.7. The number of benzene rings is 1. The monoisotopic (exact) mass is 407 g/mol. The topological polar surface area (TPSA) is 63.1 Å². The van der Waals surface area contributed by atoms with Gasteiger partial charge in [0.15, 0.2) is 6.04 Å². The van der Waals surface area contributed by atoms with Crippen LogP contribution in [0.15, 0.2) is 36.7 Å². The molecule has 1 N–H and O–H groups in total. The quantitative estimate of drug-likeness (QED) is 0.844. The summed E-state index contributed by atoms with van der Waals surface area (Å²) < 4.78 is 41.5. The molecule has 0 bridgehead atoms. The van der Waals surface area contributed by atoms with Crippen molar-refractivity contribution in [2.45, 2.75) is 50.4 Å². The molecule has 1 aromatic carbocycles. The number of fused-ring (bicyclic) bond motifs is 1. The molecule has 156 valence electrons. The second-order valence-electron chi connectivity index (χ2n) is 7.80. The molecule has 3 heterocycles. The lowest BCUT2D eigenvalue weighted by Gasteiger charge is -2.41. The van der Waals surface area contributed by atoms with Gasteiger partial charge in [0.1, 0.15) is 6.33 Å². The van der Waals surface area contributed by atoms with Crippen LogP contribution in [0.4, 0.5) is 19.1 Å². The van der Waals surface area contributed by atoms with Crippen molar-refractivity contribution in [2.24, 2.45) is 5.92 Å². The Morgan fingerprint density at radius 2 is 2.03 bits per heavy atom. The number of carbonyl (C=O) groups is 1. The number of carbonyl (C=O) groups excluding carboxylic acids is 1. The number of halogens is 3. The van der Waals surface area contributed by atoms with Crippen molar-refractivity contribution in [3.63, 3.8) is 0 Å². The van der Waals surface area contributed by atoms with Crippen LogP contribution in [-0.2, 0) is 11.2 Å². The summed E-state index contributed by atoms with van der Waals surface area (Å²) in [5, 5.41) is 6.86. The van der Waals surface area contributed by atoms with E-state index in [4.69, 9.17) is 0 Å². The Morgan fingerprint density at radius 3 is 2.79 bits per heavy atom. The van der Waals surface area contributed by atoms with Crippen molar-refractivity contribution >= 4 is 11.9 Å². The predicted octanol–water partition coefficient (Wildman–Crippen LogP) is 3.44. The minimum Gasteiger partial charge on any atom is -0.351 e. The summed E-state index contributed by atoms with van der Waals surface area (Å²) in [6, 6.07) is 7.74. The maximum absolute atomic E-state index is 13.5. The van der Waals surface area contributed by atoms with Crippen molar-refractivity contribution in [3.8, 4) is 0 Å². The summed E-state index contributed by atoms with van der Waals surface area (Å²) in [5.74, 6) is 0.167. The van der Waals surface area contributed by atoms with E-state index in [1.807, 2.05) is 30.3 Å². The number of aromatic nitrogens is 3. The van der Waals surface area contributed by atoms with Crippen LogP contribution in [0.2, 0.25) is 0 Å². The summed E-state index contributed by atoms with van der Waals surface area (Å²) in [4.78, 5) is 18.4. The molecule has 3 atom stereocenters. The zero-order valence-electron chi connectivity index (χ0n) is 16.0. The first-order valence-corrected chi connectivity index (χ1v) is 9.96. The molecule has 0 spiro atoms. The molecule has 29 heavy (non-hydrogen) atoms. The van der Waals surface area contributed by atoms with Gasteiger partial charge in [-0.05, 0) is 37.2 Å². The smallest absolute Gasteiger partial charge is 0.351 e. The summed E-state index contributed by atoms with van der Waals surface area (Å²) in [7, 11) is 0. The number of hydrogen-bond acceptors (Lipinski definition) is 4. The molecule has 1 unspecified atom stereocenters. The van der Waals surface area contributed by atoms with Crippen LogP contribution in [-0.4, -0.2) is 50.9 Å². The Morgan fingerprint density at radius 1 is 1.24 bits per heavy atom. The normalized spacial score (nSPS) is 24.7. The van der Waals surface area contributed by atoms with Crippen molar-refractivity contribution in [1.82, 2.24) is 19.7 Å². The van der Waals surface area contributed by atoms with Gasteiger partial charge >= 0.3 is 6.18 Å². The zero-order chi connectivity index (χ0) is 20.4. The average molecular weight is 407 g/mol. The number of hydrogen-bond donors (Lipinski definition) is 1. The Kier molecular flexibility index (Phi) is 5.47. The molecule has 1 fully saturated rings. The first-order valence-electron chi connectivity index (χ1n) is 9.96. The largest absolute Gasteiger partial charge is 0.411 e. The van der Waals surface area contributed by atoms with E-state index < -0.39 is 12.2 Å². The van der Waals surface area contributed by atoms with Crippen LogP contribution < -0.4 is 5.32 Å². The van der Waals surface area contributed by atoms with Gasteiger partial charge in [-0.3, -0.25) is 4.79 Å². The Hall–Kier alpha value is -2.58. The molecule has 2 aliphatic rings. The third-order valence-corrected chi connectivity index (χ3v) is 5.89. The molecule has 4 rings (SSSR count).